The largest absolute Gasteiger partial charge is 0.584 e. The Morgan fingerprint density at radius 1 is 1.44 bits per heavy atom. The predicted octanol–water partition coefficient (Wildman–Crippen LogP) is 0.630. The van der Waals surface area contributed by atoms with Crippen LogP contribution in [0.3, 0.4) is 0 Å². The van der Waals surface area contributed by atoms with Gasteiger partial charge in [0.1, 0.15) is 0 Å². The van der Waals surface area contributed by atoms with E-state index in [4.69, 9.17) is 5.84 Å². The molecule has 0 saturated heterocycles. The third-order valence-electron chi connectivity index (χ3n) is 0.371. The van der Waals surface area contributed by atoms with Crippen molar-refractivity contribution in [2.45, 2.75) is 6.18 Å². The van der Waals surface area contributed by atoms with Crippen LogP contribution in [0.5, 0.6) is 0 Å². The van der Waals surface area contributed by atoms with Gasteiger partial charge in [-0.25, -0.2) is 0 Å². The van der Waals surface area contributed by atoms with E-state index in [0.29, 0.717) is 5.43 Å². The fraction of sp³-hybridized carbons (Fsp3) is 0.500. The van der Waals surface area contributed by atoms with Crippen LogP contribution in [0.15, 0.2) is 0 Å². The fourth-order valence-electron chi connectivity index (χ4n) is 0.0709. The summed E-state index contributed by atoms with van der Waals surface area (Å²) in [4.78, 5) is 9.41. The minimum Gasteiger partial charge on any atom is -0.584 e. The zero-order chi connectivity index (χ0) is 6.78. The van der Waals surface area contributed by atoms with Crippen molar-refractivity contribution in [3.05, 3.63) is 5.84 Å². The van der Waals surface area contributed by atoms with Crippen molar-refractivity contribution in [3.8, 4) is 0 Å². The van der Waals surface area contributed by atoms with Gasteiger partial charge in [0.25, 0.3) is 0 Å². The monoisotopic (exact) mass is 216 g/mol. The number of halogens is 3. The number of amides is 1. The van der Waals surface area contributed by atoms with Crippen molar-refractivity contribution in [1.82, 2.24) is 5.43 Å². The summed E-state index contributed by atoms with van der Waals surface area (Å²) in [5.74, 6) is 3.49. The van der Waals surface area contributed by atoms with Crippen molar-refractivity contribution in [1.29, 1.82) is 0 Å². The average Bonchev–Trinajstić information content (AvgIpc) is 1.62. The zero-order valence-electron chi connectivity index (χ0n) is 4.12. The molecular weight excluding hydrogens is 214 g/mol. The number of rotatable bonds is 0. The molecule has 0 fully saturated rings. The molecule has 0 aliphatic rings. The first-order chi connectivity index (χ1) is 3.48. The van der Waals surface area contributed by atoms with Gasteiger partial charge in [-0.3, -0.25) is 4.79 Å². The van der Waals surface area contributed by atoms with Crippen LogP contribution in [0.1, 0.15) is 0 Å². The Morgan fingerprint density at radius 3 is 1.78 bits per heavy atom. The molecule has 1 amide bonds. The number of hydrogen-bond acceptors (Lipinski definition) is 1. The molecule has 2 N–H and O–H groups in total. The zero-order valence-corrected chi connectivity index (χ0v) is 6.96. The average molecular weight is 216 g/mol. The van der Waals surface area contributed by atoms with E-state index >= 15 is 0 Å². The molecule has 0 heterocycles. The summed E-state index contributed by atoms with van der Waals surface area (Å²) in [6.07, 6.45) is -4.93. The van der Waals surface area contributed by atoms with Crippen LogP contribution >= 0.6 is 0 Å². The Bertz CT molecular complexity index is 102. The van der Waals surface area contributed by atoms with Crippen molar-refractivity contribution >= 4 is 5.91 Å². The first-order valence-corrected chi connectivity index (χ1v) is 1.52. The minimum absolute atomic E-state index is 0. The molecule has 51 valence electrons. The summed E-state index contributed by atoms with van der Waals surface area (Å²) in [5.41, 5.74) is 0.691. The molecule has 0 atom stereocenters. The summed E-state index contributed by atoms with van der Waals surface area (Å²) >= 11 is 0. The SMILES string of the molecule is [NH-]NC(=O)C(F)(F)F.[Y]. The maximum absolute atomic E-state index is 10.9. The van der Waals surface area contributed by atoms with Crippen LogP contribution in [-0.2, 0) is 37.5 Å². The summed E-state index contributed by atoms with van der Waals surface area (Å²) in [5, 5.41) is 0. The maximum Gasteiger partial charge on any atom is 0.469 e. The standard InChI is InChI=1S/C2H2F3N2O.Y/c3-2(4,5)1(8)7-6;/h6H,(H,7,8);/q-1;. The summed E-state index contributed by atoms with van der Waals surface area (Å²) in [6, 6.07) is 0. The molecule has 0 aromatic rings. The smallest absolute Gasteiger partial charge is 0.469 e. The second-order valence-corrected chi connectivity index (χ2v) is 0.952. The minimum atomic E-state index is -4.93. The first-order valence-electron chi connectivity index (χ1n) is 1.52. The van der Waals surface area contributed by atoms with E-state index in [1.807, 2.05) is 0 Å². The molecule has 0 saturated carbocycles. The van der Waals surface area contributed by atoms with Crippen molar-refractivity contribution in [2.24, 2.45) is 0 Å². The van der Waals surface area contributed by atoms with Gasteiger partial charge in [0.2, 0.25) is 0 Å². The maximum atomic E-state index is 10.9. The molecule has 9 heavy (non-hydrogen) atoms. The van der Waals surface area contributed by atoms with Crippen LogP contribution < -0.4 is 5.43 Å². The Kier molecular flexibility index (Phi) is 5.61. The topological polar surface area (TPSA) is 52.9 Å². The van der Waals surface area contributed by atoms with Crippen molar-refractivity contribution < 1.29 is 50.7 Å². The van der Waals surface area contributed by atoms with E-state index in [0.717, 1.165) is 0 Å². The second-order valence-electron chi connectivity index (χ2n) is 0.952. The van der Waals surface area contributed by atoms with Gasteiger partial charge in [-0.2, -0.15) is 13.2 Å². The number of carbonyl (C=O) groups is 1. The van der Waals surface area contributed by atoms with Crippen LogP contribution in [0, 0.1) is 0 Å². The molecule has 1 radical (unpaired) electrons. The van der Waals surface area contributed by atoms with E-state index in [9.17, 15) is 18.0 Å². The van der Waals surface area contributed by atoms with E-state index < -0.39 is 12.1 Å². The molecule has 0 unspecified atom stereocenters. The molecular formula is C2H2F3N2OY-. The van der Waals surface area contributed by atoms with E-state index in [2.05, 4.69) is 0 Å². The molecule has 0 aromatic heterocycles. The van der Waals surface area contributed by atoms with E-state index in [1.54, 1.807) is 0 Å². The number of hydrogen-bond donors (Lipinski definition) is 1. The van der Waals surface area contributed by atoms with Crippen LogP contribution in [0.25, 0.3) is 5.84 Å². The molecule has 3 nitrogen and oxygen atoms in total. The number of nitrogens with one attached hydrogen (secondary N) is 2. The molecule has 0 aliphatic carbocycles. The van der Waals surface area contributed by atoms with Crippen LogP contribution in [-0.4, -0.2) is 12.1 Å². The summed E-state index contributed by atoms with van der Waals surface area (Å²) in [6.45, 7) is 0. The van der Waals surface area contributed by atoms with E-state index in [-0.39, 0.29) is 32.7 Å². The van der Waals surface area contributed by atoms with Gasteiger partial charge in [-0.15, -0.1) is 0 Å². The van der Waals surface area contributed by atoms with Gasteiger partial charge >= 0.3 is 12.1 Å². The number of alkyl halides is 3. The molecule has 7 heteroatoms. The Labute approximate surface area is 74.0 Å². The molecule has 0 rings (SSSR count). The number of carbonyl (C=O) groups excluding carboxylic acids is 1. The summed E-state index contributed by atoms with van der Waals surface area (Å²) in [7, 11) is 0. The first kappa shape index (κ1) is 12.0. The van der Waals surface area contributed by atoms with Gasteiger partial charge in [0, 0.05) is 32.7 Å². The predicted molar refractivity (Wildman–Crippen MR) is 18.5 cm³/mol. The van der Waals surface area contributed by atoms with Crippen LogP contribution in [0.2, 0.25) is 0 Å². The molecule has 0 bridgehead atoms. The Hall–Kier alpha value is 0.324. The van der Waals surface area contributed by atoms with Gasteiger partial charge in [-0.05, 0) is 0 Å². The molecule has 0 aliphatic heterocycles. The third-order valence-corrected chi connectivity index (χ3v) is 0.371. The second kappa shape index (κ2) is 4.19. The van der Waals surface area contributed by atoms with E-state index in [1.165, 1.54) is 0 Å². The molecule has 0 aromatic carbocycles. The third kappa shape index (κ3) is 4.80. The normalized spacial score (nSPS) is 9.78. The quantitative estimate of drug-likeness (QED) is 0.593. The van der Waals surface area contributed by atoms with Crippen molar-refractivity contribution in [2.75, 3.05) is 0 Å². The van der Waals surface area contributed by atoms with Gasteiger partial charge in [0.05, 0.1) is 0 Å². The Balaban J connectivity index is 0. The van der Waals surface area contributed by atoms with Crippen molar-refractivity contribution in [3.63, 3.8) is 0 Å². The summed E-state index contributed by atoms with van der Waals surface area (Å²) < 4.78 is 32.8. The fourth-order valence-corrected chi connectivity index (χ4v) is 0.0709. The Morgan fingerprint density at radius 2 is 1.78 bits per heavy atom. The molecule has 0 spiro atoms. The van der Waals surface area contributed by atoms with Gasteiger partial charge in [0.15, 0.2) is 0 Å². The van der Waals surface area contributed by atoms with Gasteiger partial charge in [-0.1, -0.05) is 0 Å². The van der Waals surface area contributed by atoms with Crippen LogP contribution in [0.4, 0.5) is 13.2 Å². The van der Waals surface area contributed by atoms with Gasteiger partial charge < -0.3 is 11.3 Å².